The topological polar surface area (TPSA) is 46.2 Å². The van der Waals surface area contributed by atoms with Crippen molar-refractivity contribution in [2.24, 2.45) is 0 Å². The Balaban J connectivity index is 2.36. The Kier molecular flexibility index (Phi) is 3.99. The van der Waals surface area contributed by atoms with Crippen LogP contribution >= 0.6 is 23.2 Å². The molecule has 2 rings (SSSR count). The fourth-order valence-corrected chi connectivity index (χ4v) is 2.94. The lowest BCUT2D eigenvalue weighted by Gasteiger charge is -2.09. The number of hydrogen-bond acceptors (Lipinski definition) is 2. The summed E-state index contributed by atoms with van der Waals surface area (Å²) in [6.07, 6.45) is 0. The van der Waals surface area contributed by atoms with Crippen molar-refractivity contribution in [3.05, 3.63) is 58.3 Å². The van der Waals surface area contributed by atoms with Gasteiger partial charge in [-0.1, -0.05) is 29.3 Å². The van der Waals surface area contributed by atoms with Gasteiger partial charge < -0.3 is 0 Å². The van der Waals surface area contributed by atoms with E-state index in [-0.39, 0.29) is 20.6 Å². The van der Waals surface area contributed by atoms with Crippen molar-refractivity contribution in [1.29, 1.82) is 0 Å². The third-order valence-electron chi connectivity index (χ3n) is 2.28. The van der Waals surface area contributed by atoms with E-state index in [2.05, 4.69) is 4.72 Å². The number of benzene rings is 2. The molecule has 100 valence electrons. The normalized spacial score (nSPS) is 11.3. The molecule has 7 heteroatoms. The maximum absolute atomic E-state index is 13.5. The number of rotatable bonds is 3. The molecule has 0 aliphatic heterocycles. The molecule has 19 heavy (non-hydrogen) atoms. The predicted molar refractivity (Wildman–Crippen MR) is 73.7 cm³/mol. The van der Waals surface area contributed by atoms with Crippen LogP contribution in [0.4, 0.5) is 10.1 Å². The Morgan fingerprint density at radius 2 is 1.68 bits per heavy atom. The van der Waals surface area contributed by atoms with E-state index < -0.39 is 15.8 Å². The SMILES string of the molecule is O=S(=O)(Nc1ccc(Cl)cc1F)c1cccc(Cl)c1. The first-order chi connectivity index (χ1) is 8.88. The van der Waals surface area contributed by atoms with E-state index >= 15 is 0 Å². The van der Waals surface area contributed by atoms with Crippen LogP contribution in [0.25, 0.3) is 0 Å². The van der Waals surface area contributed by atoms with Crippen molar-refractivity contribution < 1.29 is 12.8 Å². The minimum atomic E-state index is -3.89. The van der Waals surface area contributed by atoms with Crippen LogP contribution in [0.1, 0.15) is 0 Å². The van der Waals surface area contributed by atoms with Gasteiger partial charge in [0.25, 0.3) is 10.0 Å². The van der Waals surface area contributed by atoms with E-state index in [0.29, 0.717) is 0 Å². The zero-order chi connectivity index (χ0) is 14.0. The van der Waals surface area contributed by atoms with Gasteiger partial charge in [-0.2, -0.15) is 0 Å². The second-order valence-electron chi connectivity index (χ2n) is 3.69. The Labute approximate surface area is 120 Å². The molecule has 0 radical (unpaired) electrons. The van der Waals surface area contributed by atoms with Gasteiger partial charge in [-0.15, -0.1) is 0 Å². The molecule has 1 N–H and O–H groups in total. The monoisotopic (exact) mass is 319 g/mol. The lowest BCUT2D eigenvalue weighted by atomic mass is 10.3. The Morgan fingerprint density at radius 3 is 2.32 bits per heavy atom. The molecule has 0 atom stereocenters. The highest BCUT2D eigenvalue weighted by atomic mass is 35.5. The lowest BCUT2D eigenvalue weighted by molar-refractivity contribution is 0.598. The summed E-state index contributed by atoms with van der Waals surface area (Å²) in [6.45, 7) is 0. The molecule has 2 aromatic rings. The van der Waals surface area contributed by atoms with Crippen LogP contribution < -0.4 is 4.72 Å². The molecule has 0 saturated heterocycles. The van der Waals surface area contributed by atoms with Crippen molar-refractivity contribution in [2.75, 3.05) is 4.72 Å². The molecular formula is C12H8Cl2FNO2S. The van der Waals surface area contributed by atoms with Gasteiger partial charge in [0, 0.05) is 10.0 Å². The Bertz CT molecular complexity index is 719. The Hall–Kier alpha value is -1.30. The maximum atomic E-state index is 13.5. The molecule has 0 aromatic heterocycles. The largest absolute Gasteiger partial charge is 0.277 e. The molecule has 0 fully saturated rings. The molecule has 0 bridgehead atoms. The van der Waals surface area contributed by atoms with Gasteiger partial charge in [0.15, 0.2) is 0 Å². The lowest BCUT2D eigenvalue weighted by Crippen LogP contribution is -2.13. The third kappa shape index (κ3) is 3.37. The number of nitrogens with one attached hydrogen (secondary N) is 1. The van der Waals surface area contributed by atoms with Crippen LogP contribution in [0.15, 0.2) is 47.4 Å². The molecule has 0 heterocycles. The second-order valence-corrected chi connectivity index (χ2v) is 6.24. The highest BCUT2D eigenvalue weighted by Crippen LogP contribution is 2.23. The smallest absolute Gasteiger partial charge is 0.262 e. The van der Waals surface area contributed by atoms with Crippen molar-refractivity contribution in [1.82, 2.24) is 0 Å². The van der Waals surface area contributed by atoms with Crippen molar-refractivity contribution >= 4 is 38.9 Å². The second kappa shape index (κ2) is 5.36. The summed E-state index contributed by atoms with van der Waals surface area (Å²) in [5.74, 6) is -0.752. The molecular weight excluding hydrogens is 312 g/mol. The van der Waals surface area contributed by atoms with Gasteiger partial charge >= 0.3 is 0 Å². The summed E-state index contributed by atoms with van der Waals surface area (Å²) in [7, 11) is -3.89. The zero-order valence-corrected chi connectivity index (χ0v) is 11.7. The van der Waals surface area contributed by atoms with E-state index in [1.54, 1.807) is 6.07 Å². The molecule has 3 nitrogen and oxygen atoms in total. The summed E-state index contributed by atoms with van der Waals surface area (Å²) >= 11 is 11.3. The Morgan fingerprint density at radius 1 is 1.00 bits per heavy atom. The van der Waals surface area contributed by atoms with E-state index in [1.807, 2.05) is 0 Å². The van der Waals surface area contributed by atoms with Gasteiger partial charge in [0.05, 0.1) is 10.6 Å². The van der Waals surface area contributed by atoms with E-state index in [4.69, 9.17) is 23.2 Å². The van der Waals surface area contributed by atoms with Crippen LogP contribution in [0, 0.1) is 5.82 Å². The van der Waals surface area contributed by atoms with Crippen molar-refractivity contribution in [2.45, 2.75) is 4.90 Å². The van der Waals surface area contributed by atoms with Gasteiger partial charge in [0.1, 0.15) is 5.82 Å². The van der Waals surface area contributed by atoms with Gasteiger partial charge in [-0.05, 0) is 36.4 Å². The number of hydrogen-bond donors (Lipinski definition) is 1. The standard InChI is InChI=1S/C12H8Cl2FNO2S/c13-8-2-1-3-10(6-8)19(17,18)16-12-5-4-9(14)7-11(12)15/h1-7,16H. The van der Waals surface area contributed by atoms with Crippen molar-refractivity contribution in [3.8, 4) is 0 Å². The van der Waals surface area contributed by atoms with Crippen molar-refractivity contribution in [3.63, 3.8) is 0 Å². The van der Waals surface area contributed by atoms with Gasteiger partial charge in [-0.25, -0.2) is 12.8 Å². The molecule has 0 amide bonds. The number of anilines is 1. The quantitative estimate of drug-likeness (QED) is 0.931. The highest BCUT2D eigenvalue weighted by Gasteiger charge is 2.16. The minimum Gasteiger partial charge on any atom is -0.277 e. The molecule has 0 saturated carbocycles. The summed E-state index contributed by atoms with van der Waals surface area (Å²) in [6, 6.07) is 9.34. The fourth-order valence-electron chi connectivity index (χ4n) is 1.41. The first-order valence-electron chi connectivity index (χ1n) is 5.12. The summed E-state index contributed by atoms with van der Waals surface area (Å²) in [5.41, 5.74) is -0.177. The fraction of sp³-hybridized carbons (Fsp3) is 0. The highest BCUT2D eigenvalue weighted by molar-refractivity contribution is 7.92. The van der Waals surface area contributed by atoms with E-state index in [9.17, 15) is 12.8 Å². The van der Waals surface area contributed by atoms with Crippen LogP contribution in [-0.2, 0) is 10.0 Å². The molecule has 0 spiro atoms. The first-order valence-corrected chi connectivity index (χ1v) is 7.36. The average Bonchev–Trinajstić information content (AvgIpc) is 2.33. The zero-order valence-electron chi connectivity index (χ0n) is 9.40. The van der Waals surface area contributed by atoms with Crippen LogP contribution in [0.3, 0.4) is 0 Å². The molecule has 0 aliphatic carbocycles. The summed E-state index contributed by atoms with van der Waals surface area (Å²) in [5, 5.41) is 0.461. The molecule has 2 aromatic carbocycles. The summed E-state index contributed by atoms with van der Waals surface area (Å²) in [4.78, 5) is -0.0469. The minimum absolute atomic E-state index is 0.0469. The predicted octanol–water partition coefficient (Wildman–Crippen LogP) is 3.93. The van der Waals surface area contributed by atoms with E-state index in [0.717, 1.165) is 6.07 Å². The van der Waals surface area contributed by atoms with Gasteiger partial charge in [-0.3, -0.25) is 4.72 Å². The van der Waals surface area contributed by atoms with Crippen LogP contribution in [-0.4, -0.2) is 8.42 Å². The van der Waals surface area contributed by atoms with Crippen LogP contribution in [0.5, 0.6) is 0 Å². The molecule has 0 aliphatic rings. The molecule has 0 unspecified atom stereocenters. The average molecular weight is 320 g/mol. The van der Waals surface area contributed by atoms with Crippen LogP contribution in [0.2, 0.25) is 10.0 Å². The summed E-state index contributed by atoms with van der Waals surface area (Å²) < 4.78 is 39.7. The number of halogens is 3. The first kappa shape index (κ1) is 14.1. The third-order valence-corrected chi connectivity index (χ3v) is 4.12. The number of sulfonamides is 1. The van der Waals surface area contributed by atoms with E-state index in [1.165, 1.54) is 30.3 Å². The van der Waals surface area contributed by atoms with Gasteiger partial charge in [0.2, 0.25) is 0 Å². The maximum Gasteiger partial charge on any atom is 0.262 e.